The van der Waals surface area contributed by atoms with Crippen LogP contribution in [0.3, 0.4) is 0 Å². The monoisotopic (exact) mass is 244 g/mol. The maximum Gasteiger partial charge on any atom is 0.151 e. The molecular weight excluding hydrogens is 224 g/mol. The van der Waals surface area contributed by atoms with Crippen LogP contribution in [0.25, 0.3) is 0 Å². The van der Waals surface area contributed by atoms with Crippen molar-refractivity contribution < 1.29 is 0 Å². The Morgan fingerprint density at radius 3 is 2.44 bits per heavy atom. The van der Waals surface area contributed by atoms with Gasteiger partial charge in [-0.15, -0.1) is 18.3 Å². The molecule has 1 aliphatic rings. The van der Waals surface area contributed by atoms with Crippen molar-refractivity contribution in [1.29, 1.82) is 0 Å². The van der Waals surface area contributed by atoms with Crippen LogP contribution >= 0.6 is 0 Å². The van der Waals surface area contributed by atoms with Crippen LogP contribution in [0.1, 0.15) is 18.5 Å². The molecule has 1 N–H and O–H groups in total. The molecule has 1 saturated carbocycles. The SMILES string of the molecule is C=CCN(CC=C)c1ccc(CNC2CC2)nn1. The van der Waals surface area contributed by atoms with Gasteiger partial charge in [-0.3, -0.25) is 0 Å². The lowest BCUT2D eigenvalue weighted by atomic mass is 10.3. The standard InChI is InChI=1S/C14H20N4/c1-3-9-18(10-4-2)14-8-7-13(16-17-14)11-15-12-5-6-12/h3-4,7-8,12,15H,1-2,5-6,9-11H2. The van der Waals surface area contributed by atoms with Gasteiger partial charge < -0.3 is 10.2 Å². The number of rotatable bonds is 8. The topological polar surface area (TPSA) is 41.0 Å². The maximum atomic E-state index is 4.25. The minimum atomic E-state index is 0.699. The average molecular weight is 244 g/mol. The molecule has 0 amide bonds. The highest BCUT2D eigenvalue weighted by molar-refractivity contribution is 5.39. The first kappa shape index (κ1) is 12.8. The van der Waals surface area contributed by atoms with Gasteiger partial charge in [0.15, 0.2) is 5.82 Å². The van der Waals surface area contributed by atoms with Gasteiger partial charge in [-0.05, 0) is 25.0 Å². The summed E-state index contributed by atoms with van der Waals surface area (Å²) < 4.78 is 0. The fourth-order valence-corrected chi connectivity index (χ4v) is 1.73. The Kier molecular flexibility index (Phi) is 4.47. The molecule has 1 heterocycles. The van der Waals surface area contributed by atoms with E-state index in [0.29, 0.717) is 6.04 Å². The van der Waals surface area contributed by atoms with Gasteiger partial charge in [0, 0.05) is 25.7 Å². The molecule has 0 radical (unpaired) electrons. The minimum Gasteiger partial charge on any atom is -0.348 e. The summed E-state index contributed by atoms with van der Waals surface area (Å²) in [5, 5.41) is 11.9. The molecule has 0 aromatic carbocycles. The molecule has 2 rings (SSSR count). The zero-order valence-electron chi connectivity index (χ0n) is 10.7. The molecular formula is C14H20N4. The molecule has 0 bridgehead atoms. The van der Waals surface area contributed by atoms with Crippen LogP contribution in [0.15, 0.2) is 37.4 Å². The predicted molar refractivity (Wildman–Crippen MR) is 74.5 cm³/mol. The summed E-state index contributed by atoms with van der Waals surface area (Å²) in [6.45, 7) is 9.80. The quantitative estimate of drug-likeness (QED) is 0.709. The predicted octanol–water partition coefficient (Wildman–Crippen LogP) is 1.91. The third-order valence-corrected chi connectivity index (χ3v) is 2.88. The van der Waals surface area contributed by atoms with Gasteiger partial charge in [-0.25, -0.2) is 0 Å². The van der Waals surface area contributed by atoms with Crippen molar-refractivity contribution in [2.45, 2.75) is 25.4 Å². The lowest BCUT2D eigenvalue weighted by Crippen LogP contribution is -2.25. The summed E-state index contributed by atoms with van der Waals surface area (Å²) in [7, 11) is 0. The van der Waals surface area contributed by atoms with Crippen molar-refractivity contribution in [1.82, 2.24) is 15.5 Å². The average Bonchev–Trinajstić information content (AvgIpc) is 3.21. The van der Waals surface area contributed by atoms with Crippen LogP contribution in [0.5, 0.6) is 0 Å². The van der Waals surface area contributed by atoms with E-state index < -0.39 is 0 Å². The Morgan fingerprint density at radius 1 is 1.22 bits per heavy atom. The highest BCUT2D eigenvalue weighted by atomic mass is 15.3. The third kappa shape index (κ3) is 3.67. The summed E-state index contributed by atoms with van der Waals surface area (Å²) in [6, 6.07) is 4.73. The van der Waals surface area contributed by atoms with Crippen LogP contribution in [-0.2, 0) is 6.54 Å². The van der Waals surface area contributed by atoms with Crippen LogP contribution in [0.2, 0.25) is 0 Å². The molecule has 4 heteroatoms. The van der Waals surface area contributed by atoms with E-state index in [1.807, 2.05) is 24.3 Å². The van der Waals surface area contributed by atoms with E-state index >= 15 is 0 Å². The Balaban J connectivity index is 1.94. The first-order valence-corrected chi connectivity index (χ1v) is 6.36. The van der Waals surface area contributed by atoms with Crippen LogP contribution in [0.4, 0.5) is 5.82 Å². The van der Waals surface area contributed by atoms with Gasteiger partial charge >= 0.3 is 0 Å². The van der Waals surface area contributed by atoms with E-state index in [-0.39, 0.29) is 0 Å². The zero-order valence-corrected chi connectivity index (χ0v) is 10.7. The number of aromatic nitrogens is 2. The maximum absolute atomic E-state index is 4.25. The van der Waals surface area contributed by atoms with E-state index in [1.54, 1.807) is 0 Å². The van der Waals surface area contributed by atoms with Crippen molar-refractivity contribution in [3.63, 3.8) is 0 Å². The van der Waals surface area contributed by atoms with E-state index in [1.165, 1.54) is 12.8 Å². The van der Waals surface area contributed by atoms with Crippen molar-refractivity contribution in [2.75, 3.05) is 18.0 Å². The molecule has 0 spiro atoms. The van der Waals surface area contributed by atoms with E-state index in [0.717, 1.165) is 31.1 Å². The molecule has 1 aliphatic carbocycles. The van der Waals surface area contributed by atoms with Crippen molar-refractivity contribution in [3.05, 3.63) is 43.1 Å². The largest absolute Gasteiger partial charge is 0.348 e. The second-order valence-electron chi connectivity index (χ2n) is 4.52. The van der Waals surface area contributed by atoms with Crippen LogP contribution < -0.4 is 10.2 Å². The molecule has 1 fully saturated rings. The van der Waals surface area contributed by atoms with E-state index in [9.17, 15) is 0 Å². The fraction of sp³-hybridized carbons (Fsp3) is 0.429. The molecule has 0 unspecified atom stereocenters. The molecule has 0 aliphatic heterocycles. The highest BCUT2D eigenvalue weighted by Gasteiger charge is 2.20. The van der Waals surface area contributed by atoms with Gasteiger partial charge in [0.2, 0.25) is 0 Å². The first-order valence-electron chi connectivity index (χ1n) is 6.36. The Hall–Kier alpha value is -1.68. The third-order valence-electron chi connectivity index (χ3n) is 2.88. The minimum absolute atomic E-state index is 0.699. The molecule has 96 valence electrons. The van der Waals surface area contributed by atoms with Crippen LogP contribution in [-0.4, -0.2) is 29.3 Å². The van der Waals surface area contributed by atoms with Gasteiger partial charge in [-0.1, -0.05) is 12.2 Å². The smallest absolute Gasteiger partial charge is 0.151 e. The number of hydrogen-bond donors (Lipinski definition) is 1. The van der Waals surface area contributed by atoms with Gasteiger partial charge in [-0.2, -0.15) is 5.10 Å². The van der Waals surface area contributed by atoms with E-state index in [4.69, 9.17) is 0 Å². The summed E-state index contributed by atoms with van der Waals surface area (Å²) in [5.41, 5.74) is 0.989. The van der Waals surface area contributed by atoms with Crippen LogP contribution in [0, 0.1) is 0 Å². The molecule has 1 aromatic rings. The summed E-state index contributed by atoms with van der Waals surface area (Å²) in [6.07, 6.45) is 6.29. The van der Waals surface area contributed by atoms with Crippen molar-refractivity contribution >= 4 is 5.82 Å². The lowest BCUT2D eigenvalue weighted by Gasteiger charge is -2.19. The van der Waals surface area contributed by atoms with Gasteiger partial charge in [0.05, 0.1) is 5.69 Å². The second kappa shape index (κ2) is 6.31. The number of anilines is 1. The Morgan fingerprint density at radius 2 is 1.94 bits per heavy atom. The number of nitrogens with zero attached hydrogens (tertiary/aromatic N) is 3. The molecule has 0 atom stereocenters. The normalized spacial score (nSPS) is 14.2. The molecule has 1 aromatic heterocycles. The second-order valence-corrected chi connectivity index (χ2v) is 4.52. The first-order chi connectivity index (χ1) is 8.83. The molecule has 18 heavy (non-hydrogen) atoms. The molecule has 0 saturated heterocycles. The Labute approximate surface area is 108 Å². The zero-order chi connectivity index (χ0) is 12.8. The number of nitrogens with one attached hydrogen (secondary N) is 1. The molecule has 4 nitrogen and oxygen atoms in total. The Bertz CT molecular complexity index is 385. The number of hydrogen-bond acceptors (Lipinski definition) is 4. The summed E-state index contributed by atoms with van der Waals surface area (Å²) in [5.74, 6) is 0.866. The highest BCUT2D eigenvalue weighted by Crippen LogP contribution is 2.19. The fourth-order valence-electron chi connectivity index (χ4n) is 1.73. The summed E-state index contributed by atoms with van der Waals surface area (Å²) >= 11 is 0. The lowest BCUT2D eigenvalue weighted by molar-refractivity contribution is 0.664. The summed E-state index contributed by atoms with van der Waals surface area (Å²) in [4.78, 5) is 2.07. The van der Waals surface area contributed by atoms with Crippen molar-refractivity contribution in [3.8, 4) is 0 Å². The van der Waals surface area contributed by atoms with Gasteiger partial charge in [0.1, 0.15) is 0 Å². The van der Waals surface area contributed by atoms with E-state index in [2.05, 4.69) is 33.6 Å². The van der Waals surface area contributed by atoms with Crippen molar-refractivity contribution in [2.24, 2.45) is 0 Å². The van der Waals surface area contributed by atoms with Gasteiger partial charge in [0.25, 0.3) is 0 Å².